The fourth-order valence-corrected chi connectivity index (χ4v) is 5.91. The second-order valence-electron chi connectivity index (χ2n) is 8.54. The molecule has 0 aromatic heterocycles. The van der Waals surface area contributed by atoms with E-state index in [4.69, 9.17) is 9.47 Å². The Morgan fingerprint density at radius 1 is 1.12 bits per heavy atom. The van der Waals surface area contributed by atoms with E-state index in [0.717, 1.165) is 17.8 Å². The third kappa shape index (κ3) is 3.71. The predicted molar refractivity (Wildman–Crippen MR) is 97.8 cm³/mol. The number of rotatable bonds is 6. The van der Waals surface area contributed by atoms with E-state index >= 15 is 0 Å². The number of benzene rings is 1. The highest BCUT2D eigenvalue weighted by Gasteiger charge is 2.51. The zero-order chi connectivity index (χ0) is 18.1. The molecule has 0 saturated heterocycles. The summed E-state index contributed by atoms with van der Waals surface area (Å²) in [5.74, 6) is 2.55. The van der Waals surface area contributed by atoms with Gasteiger partial charge in [-0.3, -0.25) is 9.59 Å². The maximum Gasteiger partial charge on any atom is 0.306 e. The Bertz CT molecular complexity index is 664. The molecule has 0 atom stereocenters. The van der Waals surface area contributed by atoms with Crippen molar-refractivity contribution in [2.75, 3.05) is 19.0 Å². The largest absolute Gasteiger partial charge is 0.497 e. The van der Waals surface area contributed by atoms with Gasteiger partial charge in [0, 0.05) is 11.8 Å². The van der Waals surface area contributed by atoms with Crippen molar-refractivity contribution in [2.45, 2.75) is 44.9 Å². The van der Waals surface area contributed by atoms with Crippen LogP contribution in [0.3, 0.4) is 0 Å². The zero-order valence-electron chi connectivity index (χ0n) is 15.3. The number of methoxy groups -OCH3 is 1. The first-order chi connectivity index (χ1) is 12.5. The standard InChI is InChI=1S/C21H27NO4/c1-25-18-4-2-3-17(8-18)22-19(23)13-26-20(24)12-21-9-14-5-15(10-21)7-16(6-14)11-21/h2-4,8,14-16H,5-7,9-13H2,1H3,(H,22,23). The summed E-state index contributed by atoms with van der Waals surface area (Å²) in [4.78, 5) is 24.4. The first-order valence-corrected chi connectivity index (χ1v) is 9.63. The molecule has 1 aromatic carbocycles. The molecule has 4 saturated carbocycles. The average Bonchev–Trinajstić information content (AvgIpc) is 2.58. The number of ether oxygens (including phenoxy) is 2. The summed E-state index contributed by atoms with van der Waals surface area (Å²) < 4.78 is 10.4. The van der Waals surface area contributed by atoms with Gasteiger partial charge in [-0.15, -0.1) is 0 Å². The Balaban J connectivity index is 1.27. The second kappa shape index (κ2) is 6.93. The van der Waals surface area contributed by atoms with Gasteiger partial charge in [0.2, 0.25) is 0 Å². The topological polar surface area (TPSA) is 64.6 Å². The van der Waals surface area contributed by atoms with E-state index in [1.54, 1.807) is 31.4 Å². The molecule has 26 heavy (non-hydrogen) atoms. The van der Waals surface area contributed by atoms with Gasteiger partial charge < -0.3 is 14.8 Å². The molecule has 140 valence electrons. The number of amides is 1. The molecule has 1 aromatic rings. The number of hydrogen-bond donors (Lipinski definition) is 1. The predicted octanol–water partition coefficient (Wildman–Crippen LogP) is 3.78. The lowest BCUT2D eigenvalue weighted by atomic mass is 9.49. The van der Waals surface area contributed by atoms with Crippen LogP contribution in [-0.4, -0.2) is 25.6 Å². The van der Waals surface area contributed by atoms with Gasteiger partial charge >= 0.3 is 5.97 Å². The van der Waals surface area contributed by atoms with Gasteiger partial charge in [0.05, 0.1) is 13.5 Å². The van der Waals surface area contributed by atoms with Crippen molar-refractivity contribution < 1.29 is 19.1 Å². The summed E-state index contributed by atoms with van der Waals surface area (Å²) in [6.45, 7) is -0.234. The minimum Gasteiger partial charge on any atom is -0.497 e. The molecule has 4 aliphatic rings. The van der Waals surface area contributed by atoms with Crippen LogP contribution in [0.2, 0.25) is 0 Å². The van der Waals surface area contributed by atoms with Gasteiger partial charge in [-0.1, -0.05) is 6.07 Å². The molecule has 1 amide bonds. The van der Waals surface area contributed by atoms with Crippen LogP contribution in [0.1, 0.15) is 44.9 Å². The molecule has 5 heteroatoms. The van der Waals surface area contributed by atoms with Gasteiger partial charge in [0.15, 0.2) is 6.61 Å². The fraction of sp³-hybridized carbons (Fsp3) is 0.619. The summed E-state index contributed by atoms with van der Waals surface area (Å²) in [5.41, 5.74) is 0.779. The van der Waals surface area contributed by atoms with Crippen LogP contribution in [0.4, 0.5) is 5.69 Å². The van der Waals surface area contributed by atoms with Crippen LogP contribution in [0.25, 0.3) is 0 Å². The maximum absolute atomic E-state index is 12.4. The molecule has 5 rings (SSSR count). The Morgan fingerprint density at radius 3 is 2.38 bits per heavy atom. The smallest absolute Gasteiger partial charge is 0.306 e. The first kappa shape index (κ1) is 17.4. The number of nitrogens with one attached hydrogen (secondary N) is 1. The van der Waals surface area contributed by atoms with Crippen LogP contribution in [0.15, 0.2) is 24.3 Å². The molecule has 5 nitrogen and oxygen atoms in total. The number of hydrogen-bond acceptors (Lipinski definition) is 4. The van der Waals surface area contributed by atoms with Crippen molar-refractivity contribution in [3.8, 4) is 5.75 Å². The van der Waals surface area contributed by atoms with Crippen molar-refractivity contribution in [1.29, 1.82) is 0 Å². The van der Waals surface area contributed by atoms with Crippen LogP contribution < -0.4 is 10.1 Å². The highest BCUT2D eigenvalue weighted by molar-refractivity contribution is 5.93. The second-order valence-corrected chi connectivity index (χ2v) is 8.54. The normalized spacial score (nSPS) is 31.5. The molecule has 1 N–H and O–H groups in total. The van der Waals surface area contributed by atoms with Crippen LogP contribution in [0.5, 0.6) is 5.75 Å². The van der Waals surface area contributed by atoms with E-state index < -0.39 is 0 Å². The van der Waals surface area contributed by atoms with Crippen molar-refractivity contribution in [3.05, 3.63) is 24.3 Å². The lowest BCUT2D eigenvalue weighted by Gasteiger charge is -2.56. The first-order valence-electron chi connectivity index (χ1n) is 9.63. The number of anilines is 1. The highest BCUT2D eigenvalue weighted by atomic mass is 16.5. The minimum absolute atomic E-state index is 0.148. The van der Waals surface area contributed by atoms with Crippen LogP contribution in [0, 0.1) is 23.2 Å². The Morgan fingerprint density at radius 2 is 1.77 bits per heavy atom. The number of esters is 1. The maximum atomic E-state index is 12.4. The van der Waals surface area contributed by atoms with Crippen LogP contribution >= 0.6 is 0 Å². The van der Waals surface area contributed by atoms with Crippen LogP contribution in [-0.2, 0) is 14.3 Å². The third-order valence-electron chi connectivity index (χ3n) is 6.40. The molecular formula is C21H27NO4. The third-order valence-corrected chi connectivity index (χ3v) is 6.40. The van der Waals surface area contributed by atoms with E-state index in [-0.39, 0.29) is 23.9 Å². The van der Waals surface area contributed by atoms with Gasteiger partial charge in [-0.05, 0) is 73.8 Å². The van der Waals surface area contributed by atoms with E-state index in [2.05, 4.69) is 5.32 Å². The van der Waals surface area contributed by atoms with E-state index in [0.29, 0.717) is 17.9 Å². The molecule has 4 fully saturated rings. The summed E-state index contributed by atoms with van der Waals surface area (Å²) in [5, 5.41) is 2.74. The highest BCUT2D eigenvalue weighted by Crippen LogP contribution is 2.61. The molecular weight excluding hydrogens is 330 g/mol. The van der Waals surface area contributed by atoms with Crippen molar-refractivity contribution in [1.82, 2.24) is 0 Å². The van der Waals surface area contributed by atoms with Crippen molar-refractivity contribution in [2.24, 2.45) is 23.2 Å². The molecule has 0 heterocycles. The quantitative estimate of drug-likeness (QED) is 0.787. The monoisotopic (exact) mass is 357 g/mol. The van der Waals surface area contributed by atoms with Crippen molar-refractivity contribution >= 4 is 17.6 Å². The molecule has 4 aliphatic carbocycles. The zero-order valence-corrected chi connectivity index (χ0v) is 15.3. The summed E-state index contributed by atoms with van der Waals surface area (Å²) in [6.07, 6.45) is 8.06. The lowest BCUT2D eigenvalue weighted by Crippen LogP contribution is -2.47. The van der Waals surface area contributed by atoms with Gasteiger partial charge in [0.1, 0.15) is 5.75 Å². The number of carbonyl (C=O) groups excluding carboxylic acids is 2. The summed E-state index contributed by atoms with van der Waals surface area (Å²) in [7, 11) is 1.58. The Labute approximate surface area is 154 Å². The SMILES string of the molecule is COc1cccc(NC(=O)COC(=O)CC23CC4CC(CC(C4)C2)C3)c1. The lowest BCUT2D eigenvalue weighted by molar-refractivity contribution is -0.154. The fourth-order valence-electron chi connectivity index (χ4n) is 5.91. The Kier molecular flexibility index (Phi) is 4.63. The average molecular weight is 357 g/mol. The molecule has 0 radical (unpaired) electrons. The summed E-state index contributed by atoms with van der Waals surface area (Å²) >= 11 is 0. The van der Waals surface area contributed by atoms with E-state index in [1.807, 2.05) is 0 Å². The minimum atomic E-state index is -0.322. The van der Waals surface area contributed by atoms with Crippen molar-refractivity contribution in [3.63, 3.8) is 0 Å². The molecule has 0 aliphatic heterocycles. The van der Waals surface area contributed by atoms with E-state index in [1.165, 1.54) is 38.5 Å². The molecule has 4 bridgehead atoms. The van der Waals surface area contributed by atoms with E-state index in [9.17, 15) is 9.59 Å². The van der Waals surface area contributed by atoms with Gasteiger partial charge in [0.25, 0.3) is 5.91 Å². The molecule has 0 spiro atoms. The summed E-state index contributed by atoms with van der Waals surface area (Å²) in [6, 6.07) is 7.11. The Hall–Kier alpha value is -2.04. The molecule has 0 unspecified atom stereocenters. The van der Waals surface area contributed by atoms with Gasteiger partial charge in [-0.2, -0.15) is 0 Å². The van der Waals surface area contributed by atoms with Gasteiger partial charge in [-0.25, -0.2) is 0 Å². The number of carbonyl (C=O) groups is 2.